The summed E-state index contributed by atoms with van der Waals surface area (Å²) in [5.74, 6) is -0.737. The molecule has 2 aromatic heterocycles. The molecule has 0 fully saturated rings. The van der Waals surface area contributed by atoms with Crippen molar-refractivity contribution in [3.63, 3.8) is 0 Å². The number of carboxylic acids is 1. The molecule has 0 amide bonds. The molecule has 0 unspecified atom stereocenters. The summed E-state index contributed by atoms with van der Waals surface area (Å²) in [6.45, 7) is 1.15. The highest BCUT2D eigenvalue weighted by Crippen LogP contribution is 2.09. The van der Waals surface area contributed by atoms with Gasteiger partial charge in [-0.1, -0.05) is 0 Å². The van der Waals surface area contributed by atoms with E-state index in [9.17, 15) is 4.79 Å². The number of hydrogen-bond acceptors (Lipinski definition) is 6. The van der Waals surface area contributed by atoms with E-state index in [1.54, 1.807) is 12.4 Å². The first-order valence-electron chi connectivity index (χ1n) is 5.68. The monoisotopic (exact) mass is 259 g/mol. The van der Waals surface area contributed by atoms with E-state index in [2.05, 4.69) is 25.6 Å². The number of nitrogens with zero attached hydrogens (tertiary/aromatic N) is 3. The van der Waals surface area contributed by atoms with E-state index in [0.29, 0.717) is 18.9 Å². The molecule has 2 aromatic rings. The molecule has 2 rings (SSSR count). The van der Waals surface area contributed by atoms with Crippen molar-refractivity contribution >= 4 is 17.5 Å². The Morgan fingerprint density at radius 2 is 2.05 bits per heavy atom. The maximum Gasteiger partial charge on any atom is 0.341 e. The topological polar surface area (TPSA) is 100 Å². The van der Waals surface area contributed by atoms with Crippen molar-refractivity contribution in [2.24, 2.45) is 0 Å². The first kappa shape index (κ1) is 12.7. The van der Waals surface area contributed by atoms with E-state index in [-0.39, 0.29) is 5.56 Å². The minimum absolute atomic E-state index is 0.0591. The quantitative estimate of drug-likeness (QED) is 0.668. The minimum Gasteiger partial charge on any atom is -0.477 e. The molecule has 0 saturated carbocycles. The predicted molar refractivity (Wildman–Crippen MR) is 70.2 cm³/mol. The molecule has 0 aromatic carbocycles. The molecule has 98 valence electrons. The zero-order valence-electron chi connectivity index (χ0n) is 10.1. The summed E-state index contributed by atoms with van der Waals surface area (Å²) in [4.78, 5) is 22.5. The number of hydrogen-bond donors (Lipinski definition) is 3. The van der Waals surface area contributed by atoms with Crippen LogP contribution in [0, 0.1) is 0 Å². The summed E-state index contributed by atoms with van der Waals surface area (Å²) >= 11 is 0. The van der Waals surface area contributed by atoms with E-state index < -0.39 is 5.97 Å². The van der Waals surface area contributed by atoms with Gasteiger partial charge in [0, 0.05) is 31.7 Å². The highest BCUT2D eigenvalue weighted by Gasteiger charge is 2.10. The lowest BCUT2D eigenvalue weighted by Crippen LogP contribution is -2.16. The van der Waals surface area contributed by atoms with E-state index in [1.165, 1.54) is 12.5 Å². The lowest BCUT2D eigenvalue weighted by Gasteiger charge is -2.09. The predicted octanol–water partition coefficient (Wildman–Crippen LogP) is 1.09. The maximum absolute atomic E-state index is 10.9. The smallest absolute Gasteiger partial charge is 0.341 e. The lowest BCUT2D eigenvalue weighted by molar-refractivity contribution is 0.0697. The molecule has 0 aliphatic rings. The first-order chi connectivity index (χ1) is 9.27. The normalized spacial score (nSPS) is 9.89. The van der Waals surface area contributed by atoms with Crippen LogP contribution in [0.2, 0.25) is 0 Å². The molecule has 0 aliphatic heterocycles. The van der Waals surface area contributed by atoms with Crippen molar-refractivity contribution in [2.75, 3.05) is 23.7 Å². The van der Waals surface area contributed by atoms with Gasteiger partial charge in [0.1, 0.15) is 17.7 Å². The minimum atomic E-state index is -1.05. The first-order valence-corrected chi connectivity index (χ1v) is 5.68. The zero-order valence-corrected chi connectivity index (χ0v) is 10.1. The van der Waals surface area contributed by atoms with Crippen LogP contribution in [0.15, 0.2) is 37.1 Å². The molecule has 7 heteroatoms. The summed E-state index contributed by atoms with van der Waals surface area (Å²) in [5.41, 5.74) is 0.967. The van der Waals surface area contributed by atoms with Crippen molar-refractivity contribution in [3.8, 4) is 0 Å². The Bertz CT molecular complexity index is 547. The molecule has 19 heavy (non-hydrogen) atoms. The van der Waals surface area contributed by atoms with Crippen LogP contribution in [0.1, 0.15) is 10.4 Å². The molecule has 0 bridgehead atoms. The fraction of sp³-hybridized carbons (Fsp3) is 0.167. The molecule has 0 aliphatic carbocycles. The Labute approximate surface area is 109 Å². The Kier molecular flexibility index (Phi) is 4.22. The summed E-state index contributed by atoms with van der Waals surface area (Å²) in [6, 6.07) is 3.74. The number of carbonyl (C=O) groups is 1. The summed E-state index contributed by atoms with van der Waals surface area (Å²) in [6.07, 6.45) is 5.99. The molecular formula is C12H13N5O2. The Hall–Kier alpha value is -2.70. The SMILES string of the molecule is O=C(O)c1cncnc1NCCNc1cccnc1. The highest BCUT2D eigenvalue weighted by molar-refractivity contribution is 5.92. The van der Waals surface area contributed by atoms with Crippen LogP contribution in [0.25, 0.3) is 0 Å². The van der Waals surface area contributed by atoms with Gasteiger partial charge in [0.15, 0.2) is 0 Å². The van der Waals surface area contributed by atoms with E-state index in [0.717, 1.165) is 5.69 Å². The van der Waals surface area contributed by atoms with Crippen LogP contribution >= 0.6 is 0 Å². The maximum atomic E-state index is 10.9. The molecule has 7 nitrogen and oxygen atoms in total. The summed E-state index contributed by atoms with van der Waals surface area (Å²) in [5, 5.41) is 15.1. The van der Waals surface area contributed by atoms with Crippen LogP contribution in [0.4, 0.5) is 11.5 Å². The van der Waals surface area contributed by atoms with Crippen LogP contribution in [-0.4, -0.2) is 39.1 Å². The molecular weight excluding hydrogens is 246 g/mol. The third-order valence-corrected chi connectivity index (χ3v) is 2.35. The Morgan fingerprint density at radius 1 is 1.21 bits per heavy atom. The second kappa shape index (κ2) is 6.29. The average molecular weight is 259 g/mol. The number of aromatic carboxylic acids is 1. The fourth-order valence-electron chi connectivity index (χ4n) is 1.48. The number of nitrogens with one attached hydrogen (secondary N) is 2. The third-order valence-electron chi connectivity index (χ3n) is 2.35. The van der Waals surface area contributed by atoms with Gasteiger partial charge in [0.2, 0.25) is 0 Å². The number of aromatic nitrogens is 3. The second-order valence-electron chi connectivity index (χ2n) is 3.69. The standard InChI is InChI=1S/C12H13N5O2/c18-12(19)10-7-14-8-17-11(10)16-5-4-15-9-2-1-3-13-6-9/h1-3,6-8,15H,4-5H2,(H,18,19)(H,14,16,17). The van der Waals surface area contributed by atoms with Gasteiger partial charge in [-0.05, 0) is 12.1 Å². The third kappa shape index (κ3) is 3.63. The molecule has 3 N–H and O–H groups in total. The molecule has 0 atom stereocenters. The van der Waals surface area contributed by atoms with Gasteiger partial charge in [-0.25, -0.2) is 14.8 Å². The number of rotatable bonds is 6. The van der Waals surface area contributed by atoms with Crippen LogP contribution in [0.3, 0.4) is 0 Å². The van der Waals surface area contributed by atoms with Crippen molar-refractivity contribution in [3.05, 3.63) is 42.6 Å². The van der Waals surface area contributed by atoms with E-state index in [4.69, 9.17) is 5.11 Å². The van der Waals surface area contributed by atoms with Crippen LogP contribution < -0.4 is 10.6 Å². The van der Waals surface area contributed by atoms with Crippen LogP contribution in [-0.2, 0) is 0 Å². The molecule has 0 spiro atoms. The zero-order chi connectivity index (χ0) is 13.5. The van der Waals surface area contributed by atoms with Gasteiger partial charge in [0.25, 0.3) is 0 Å². The average Bonchev–Trinajstić information content (AvgIpc) is 2.45. The van der Waals surface area contributed by atoms with Gasteiger partial charge in [-0.2, -0.15) is 0 Å². The number of carboxylic acid groups (broad SMARTS) is 1. The van der Waals surface area contributed by atoms with Gasteiger partial charge in [-0.15, -0.1) is 0 Å². The Balaban J connectivity index is 1.85. The molecule has 0 saturated heterocycles. The summed E-state index contributed by atoms with van der Waals surface area (Å²) in [7, 11) is 0. The number of anilines is 2. The van der Waals surface area contributed by atoms with Crippen molar-refractivity contribution in [2.45, 2.75) is 0 Å². The van der Waals surface area contributed by atoms with E-state index in [1.807, 2.05) is 12.1 Å². The van der Waals surface area contributed by atoms with Crippen molar-refractivity contribution in [1.82, 2.24) is 15.0 Å². The second-order valence-corrected chi connectivity index (χ2v) is 3.69. The Morgan fingerprint density at radius 3 is 2.79 bits per heavy atom. The molecule has 0 radical (unpaired) electrons. The van der Waals surface area contributed by atoms with Gasteiger partial charge in [0.05, 0.1) is 5.69 Å². The van der Waals surface area contributed by atoms with Gasteiger partial charge >= 0.3 is 5.97 Å². The van der Waals surface area contributed by atoms with Crippen molar-refractivity contribution in [1.29, 1.82) is 0 Å². The lowest BCUT2D eigenvalue weighted by atomic mass is 10.3. The van der Waals surface area contributed by atoms with Gasteiger partial charge < -0.3 is 15.7 Å². The highest BCUT2D eigenvalue weighted by atomic mass is 16.4. The van der Waals surface area contributed by atoms with E-state index >= 15 is 0 Å². The summed E-state index contributed by atoms with van der Waals surface area (Å²) < 4.78 is 0. The number of pyridine rings is 1. The molecule has 2 heterocycles. The fourth-order valence-corrected chi connectivity index (χ4v) is 1.48. The van der Waals surface area contributed by atoms with Crippen molar-refractivity contribution < 1.29 is 9.90 Å². The van der Waals surface area contributed by atoms with Gasteiger partial charge in [-0.3, -0.25) is 4.98 Å². The van der Waals surface area contributed by atoms with Crippen LogP contribution in [0.5, 0.6) is 0 Å². The largest absolute Gasteiger partial charge is 0.477 e.